The van der Waals surface area contributed by atoms with E-state index in [9.17, 15) is 8.42 Å². The Labute approximate surface area is 164 Å². The van der Waals surface area contributed by atoms with Crippen LogP contribution in [0.15, 0.2) is 23.1 Å². The number of hydrogen-bond donors (Lipinski definition) is 0. The lowest BCUT2D eigenvalue weighted by atomic mass is 10.3. The van der Waals surface area contributed by atoms with Crippen molar-refractivity contribution in [3.05, 3.63) is 24.0 Å². The first-order valence-corrected chi connectivity index (χ1v) is 12.1. The van der Waals surface area contributed by atoms with Crippen molar-refractivity contribution in [2.24, 2.45) is 0 Å². The second kappa shape index (κ2) is 8.08. The molecule has 0 N–H and O–H groups in total. The molecule has 2 aliphatic heterocycles. The SMILES string of the molecule is CCn1c(CN2CCSCC2)nc2cc(S(=O)(=O)N3CCOCC3)ccc21. The first-order chi connectivity index (χ1) is 13.1. The molecular formula is C18H26N4O3S2. The minimum absolute atomic E-state index is 0.318. The predicted molar refractivity (Wildman–Crippen MR) is 108 cm³/mol. The molecule has 2 aromatic rings. The molecule has 1 aromatic carbocycles. The van der Waals surface area contributed by atoms with Gasteiger partial charge in [0.2, 0.25) is 10.0 Å². The van der Waals surface area contributed by atoms with Crippen LogP contribution in [-0.2, 0) is 27.8 Å². The molecule has 148 valence electrons. The van der Waals surface area contributed by atoms with Crippen LogP contribution in [0.25, 0.3) is 11.0 Å². The van der Waals surface area contributed by atoms with Gasteiger partial charge in [-0.05, 0) is 25.1 Å². The summed E-state index contributed by atoms with van der Waals surface area (Å²) in [5.74, 6) is 3.34. The molecule has 0 amide bonds. The molecule has 27 heavy (non-hydrogen) atoms. The molecule has 4 rings (SSSR count). The first-order valence-electron chi connectivity index (χ1n) is 9.47. The summed E-state index contributed by atoms with van der Waals surface area (Å²) in [6.45, 7) is 7.61. The van der Waals surface area contributed by atoms with Crippen molar-refractivity contribution in [3.63, 3.8) is 0 Å². The van der Waals surface area contributed by atoms with Gasteiger partial charge in [0.15, 0.2) is 0 Å². The van der Waals surface area contributed by atoms with Crippen molar-refractivity contribution in [1.82, 2.24) is 18.8 Å². The van der Waals surface area contributed by atoms with E-state index in [4.69, 9.17) is 9.72 Å². The average molecular weight is 411 g/mol. The maximum atomic E-state index is 12.9. The number of ether oxygens (including phenoxy) is 1. The van der Waals surface area contributed by atoms with Crippen LogP contribution in [0, 0.1) is 0 Å². The van der Waals surface area contributed by atoms with Crippen molar-refractivity contribution < 1.29 is 13.2 Å². The number of aryl methyl sites for hydroxylation is 1. The summed E-state index contributed by atoms with van der Waals surface area (Å²) in [6, 6.07) is 5.33. The van der Waals surface area contributed by atoms with E-state index in [1.807, 2.05) is 17.8 Å². The first kappa shape index (κ1) is 19.2. The molecule has 0 unspecified atom stereocenters. The van der Waals surface area contributed by atoms with Crippen LogP contribution in [0.5, 0.6) is 0 Å². The number of thioether (sulfide) groups is 1. The van der Waals surface area contributed by atoms with Gasteiger partial charge in [0.1, 0.15) is 5.82 Å². The summed E-state index contributed by atoms with van der Waals surface area (Å²) < 4.78 is 34.8. The highest BCUT2D eigenvalue weighted by Gasteiger charge is 2.27. The highest BCUT2D eigenvalue weighted by Crippen LogP contribution is 2.24. The molecule has 0 spiro atoms. The molecule has 0 radical (unpaired) electrons. The standard InChI is InChI=1S/C18H26N4O3S2/c1-2-22-17-4-3-15(27(23,24)21-5-9-25-10-6-21)13-16(17)19-18(22)14-20-7-11-26-12-8-20/h3-4,13H,2,5-12,14H2,1H3. The number of hydrogen-bond acceptors (Lipinski definition) is 6. The molecule has 2 saturated heterocycles. The molecule has 3 heterocycles. The summed E-state index contributed by atoms with van der Waals surface area (Å²) in [6.07, 6.45) is 0. The van der Waals surface area contributed by atoms with Crippen molar-refractivity contribution in [3.8, 4) is 0 Å². The Bertz CT molecular complexity index is 901. The molecule has 2 aliphatic rings. The van der Waals surface area contributed by atoms with Crippen LogP contribution in [-0.4, -0.2) is 78.1 Å². The van der Waals surface area contributed by atoms with E-state index in [-0.39, 0.29) is 0 Å². The van der Waals surface area contributed by atoms with Gasteiger partial charge in [-0.15, -0.1) is 0 Å². The van der Waals surface area contributed by atoms with Gasteiger partial charge in [-0.25, -0.2) is 13.4 Å². The van der Waals surface area contributed by atoms with E-state index >= 15 is 0 Å². The number of rotatable bonds is 5. The van der Waals surface area contributed by atoms with Crippen LogP contribution in [0.1, 0.15) is 12.7 Å². The molecule has 0 saturated carbocycles. The lowest BCUT2D eigenvalue weighted by Crippen LogP contribution is -2.40. The highest BCUT2D eigenvalue weighted by molar-refractivity contribution is 7.99. The van der Waals surface area contributed by atoms with Gasteiger partial charge in [-0.1, -0.05) is 0 Å². The Morgan fingerprint density at radius 2 is 1.89 bits per heavy atom. The normalized spacial score (nSPS) is 20.3. The van der Waals surface area contributed by atoms with Gasteiger partial charge in [-0.2, -0.15) is 16.1 Å². The van der Waals surface area contributed by atoms with Gasteiger partial charge in [0.25, 0.3) is 0 Å². The van der Waals surface area contributed by atoms with E-state index in [0.29, 0.717) is 31.2 Å². The molecule has 9 heteroatoms. The maximum absolute atomic E-state index is 12.9. The van der Waals surface area contributed by atoms with Gasteiger partial charge in [0, 0.05) is 44.2 Å². The zero-order valence-electron chi connectivity index (χ0n) is 15.6. The van der Waals surface area contributed by atoms with Crippen molar-refractivity contribution in [2.45, 2.75) is 24.9 Å². The van der Waals surface area contributed by atoms with E-state index in [0.717, 1.165) is 54.5 Å². The van der Waals surface area contributed by atoms with Crippen LogP contribution in [0.4, 0.5) is 0 Å². The fourth-order valence-corrected chi connectivity index (χ4v) is 6.10. The Morgan fingerprint density at radius 3 is 2.59 bits per heavy atom. The van der Waals surface area contributed by atoms with E-state index in [1.54, 1.807) is 12.1 Å². The lowest BCUT2D eigenvalue weighted by molar-refractivity contribution is 0.0730. The quantitative estimate of drug-likeness (QED) is 0.746. The molecule has 0 aliphatic carbocycles. The number of benzene rings is 1. The zero-order chi connectivity index (χ0) is 18.9. The van der Waals surface area contributed by atoms with Crippen molar-refractivity contribution in [2.75, 3.05) is 50.9 Å². The summed E-state index contributed by atoms with van der Waals surface area (Å²) in [5, 5.41) is 0. The van der Waals surface area contributed by atoms with Crippen LogP contribution in [0.2, 0.25) is 0 Å². The molecule has 2 fully saturated rings. The lowest BCUT2D eigenvalue weighted by Gasteiger charge is -2.26. The topological polar surface area (TPSA) is 67.7 Å². The average Bonchev–Trinajstić information content (AvgIpc) is 3.05. The molecule has 0 bridgehead atoms. The summed E-state index contributed by atoms with van der Waals surface area (Å²) >= 11 is 1.99. The fourth-order valence-electron chi connectivity index (χ4n) is 3.69. The van der Waals surface area contributed by atoms with E-state index in [1.165, 1.54) is 4.31 Å². The van der Waals surface area contributed by atoms with Crippen molar-refractivity contribution in [1.29, 1.82) is 0 Å². The van der Waals surface area contributed by atoms with Crippen LogP contribution in [0.3, 0.4) is 0 Å². The minimum Gasteiger partial charge on any atom is -0.379 e. The fraction of sp³-hybridized carbons (Fsp3) is 0.611. The largest absolute Gasteiger partial charge is 0.379 e. The molecule has 7 nitrogen and oxygen atoms in total. The van der Waals surface area contributed by atoms with Crippen LogP contribution >= 0.6 is 11.8 Å². The van der Waals surface area contributed by atoms with Gasteiger partial charge >= 0.3 is 0 Å². The molecule has 1 aromatic heterocycles. The summed E-state index contributed by atoms with van der Waals surface area (Å²) in [5.41, 5.74) is 1.76. The van der Waals surface area contributed by atoms with Gasteiger partial charge in [0.05, 0.1) is 35.7 Å². The third-order valence-electron chi connectivity index (χ3n) is 5.19. The Morgan fingerprint density at radius 1 is 1.15 bits per heavy atom. The number of imidazole rings is 1. The summed E-state index contributed by atoms with van der Waals surface area (Å²) in [7, 11) is -3.50. The second-order valence-corrected chi connectivity index (χ2v) is 9.99. The minimum atomic E-state index is -3.50. The Kier molecular flexibility index (Phi) is 5.75. The number of nitrogens with zero attached hydrogens (tertiary/aromatic N) is 4. The van der Waals surface area contributed by atoms with E-state index in [2.05, 4.69) is 16.4 Å². The second-order valence-electron chi connectivity index (χ2n) is 6.83. The van der Waals surface area contributed by atoms with Crippen molar-refractivity contribution >= 4 is 32.8 Å². The smallest absolute Gasteiger partial charge is 0.243 e. The summed E-state index contributed by atoms with van der Waals surface area (Å²) in [4.78, 5) is 7.55. The monoisotopic (exact) mass is 410 g/mol. The maximum Gasteiger partial charge on any atom is 0.243 e. The third kappa shape index (κ3) is 3.88. The number of fused-ring (bicyclic) bond motifs is 1. The molecule has 0 atom stereocenters. The Balaban J connectivity index is 1.65. The number of morpholine rings is 1. The predicted octanol–water partition coefficient (Wildman–Crippen LogP) is 1.63. The number of sulfonamides is 1. The zero-order valence-corrected chi connectivity index (χ0v) is 17.3. The Hall–Kier alpha value is -1.13. The van der Waals surface area contributed by atoms with Gasteiger partial charge in [-0.3, -0.25) is 4.90 Å². The van der Waals surface area contributed by atoms with E-state index < -0.39 is 10.0 Å². The highest BCUT2D eigenvalue weighted by atomic mass is 32.2. The third-order valence-corrected chi connectivity index (χ3v) is 8.03. The van der Waals surface area contributed by atoms with Crippen LogP contribution < -0.4 is 0 Å². The van der Waals surface area contributed by atoms with Gasteiger partial charge < -0.3 is 9.30 Å². The molecular weight excluding hydrogens is 384 g/mol. The number of aromatic nitrogens is 2.